The van der Waals surface area contributed by atoms with Crippen molar-refractivity contribution in [2.75, 3.05) is 18.0 Å². The molecule has 1 N–H and O–H groups in total. The molecule has 1 aliphatic rings. The van der Waals surface area contributed by atoms with Gasteiger partial charge in [0.05, 0.1) is 5.69 Å². The summed E-state index contributed by atoms with van der Waals surface area (Å²) >= 11 is 0. The van der Waals surface area contributed by atoms with E-state index in [1.54, 1.807) is 0 Å². The Hall–Kier alpha value is -2.30. The maximum Gasteiger partial charge on any atom is 0.298 e. The third kappa shape index (κ3) is 2.36. The Labute approximate surface area is 129 Å². The molecule has 114 valence electrons. The SMILES string of the molecule is Cc1ccc2oc(N3CCCC(c4cc(C)[nH]n4)C3)nc2c1. The van der Waals surface area contributed by atoms with Gasteiger partial charge in [-0.3, -0.25) is 5.10 Å². The highest BCUT2D eigenvalue weighted by Gasteiger charge is 2.26. The number of nitrogens with one attached hydrogen (secondary N) is 1. The molecule has 3 aromatic rings. The molecule has 1 aromatic carbocycles. The van der Waals surface area contributed by atoms with Crippen molar-refractivity contribution in [3.8, 4) is 0 Å². The van der Waals surface area contributed by atoms with Gasteiger partial charge >= 0.3 is 0 Å². The third-order valence-electron chi connectivity index (χ3n) is 4.37. The molecule has 0 spiro atoms. The molecular weight excluding hydrogens is 276 g/mol. The summed E-state index contributed by atoms with van der Waals surface area (Å²) < 4.78 is 5.94. The molecular formula is C17H20N4O. The van der Waals surface area contributed by atoms with Crippen LogP contribution in [0.5, 0.6) is 0 Å². The molecule has 0 saturated carbocycles. The predicted molar refractivity (Wildman–Crippen MR) is 86.3 cm³/mol. The monoisotopic (exact) mass is 296 g/mol. The lowest BCUT2D eigenvalue weighted by atomic mass is 9.95. The molecule has 5 nitrogen and oxygen atoms in total. The van der Waals surface area contributed by atoms with E-state index in [1.165, 1.54) is 12.0 Å². The van der Waals surface area contributed by atoms with E-state index in [1.807, 2.05) is 13.0 Å². The Bertz CT molecular complexity index is 804. The number of nitrogens with zero attached hydrogens (tertiary/aromatic N) is 3. The average molecular weight is 296 g/mol. The van der Waals surface area contributed by atoms with Crippen LogP contribution >= 0.6 is 0 Å². The molecule has 4 rings (SSSR count). The minimum absolute atomic E-state index is 0.440. The van der Waals surface area contributed by atoms with E-state index in [-0.39, 0.29) is 0 Å². The molecule has 0 bridgehead atoms. The van der Waals surface area contributed by atoms with Crippen molar-refractivity contribution >= 4 is 17.1 Å². The lowest BCUT2D eigenvalue weighted by molar-refractivity contribution is 0.463. The quantitative estimate of drug-likeness (QED) is 0.785. The van der Waals surface area contributed by atoms with E-state index in [9.17, 15) is 0 Å². The number of hydrogen-bond donors (Lipinski definition) is 1. The molecule has 1 fully saturated rings. The standard InChI is InChI=1S/C17H20N4O/c1-11-5-6-16-15(8-11)18-17(22-16)21-7-3-4-13(10-21)14-9-12(2)19-20-14/h5-6,8-9,13H,3-4,7,10H2,1-2H3,(H,19,20). The number of fused-ring (bicyclic) bond motifs is 1. The fourth-order valence-corrected chi connectivity index (χ4v) is 3.20. The first-order valence-corrected chi connectivity index (χ1v) is 7.83. The molecule has 0 amide bonds. The van der Waals surface area contributed by atoms with Gasteiger partial charge in [0.1, 0.15) is 5.52 Å². The van der Waals surface area contributed by atoms with Crippen LogP contribution in [-0.2, 0) is 0 Å². The summed E-state index contributed by atoms with van der Waals surface area (Å²) in [6, 6.07) is 9.00. The molecule has 2 aromatic heterocycles. The maximum absolute atomic E-state index is 5.94. The summed E-state index contributed by atoms with van der Waals surface area (Å²) in [7, 11) is 0. The van der Waals surface area contributed by atoms with Gasteiger partial charge in [-0.1, -0.05) is 6.07 Å². The molecule has 1 saturated heterocycles. The van der Waals surface area contributed by atoms with Crippen molar-refractivity contribution in [3.63, 3.8) is 0 Å². The van der Waals surface area contributed by atoms with Crippen molar-refractivity contribution in [1.29, 1.82) is 0 Å². The van der Waals surface area contributed by atoms with Crippen LogP contribution in [0, 0.1) is 13.8 Å². The van der Waals surface area contributed by atoms with Crippen molar-refractivity contribution in [2.45, 2.75) is 32.6 Å². The van der Waals surface area contributed by atoms with E-state index in [0.29, 0.717) is 5.92 Å². The number of rotatable bonds is 2. The van der Waals surface area contributed by atoms with E-state index < -0.39 is 0 Å². The van der Waals surface area contributed by atoms with Crippen LogP contribution in [0.1, 0.15) is 35.7 Å². The van der Waals surface area contributed by atoms with E-state index in [2.05, 4.69) is 45.2 Å². The summed E-state index contributed by atoms with van der Waals surface area (Å²) in [6.07, 6.45) is 2.30. The fourth-order valence-electron chi connectivity index (χ4n) is 3.20. The van der Waals surface area contributed by atoms with Crippen LogP contribution in [0.4, 0.5) is 6.01 Å². The van der Waals surface area contributed by atoms with Crippen LogP contribution in [0.25, 0.3) is 11.1 Å². The fraction of sp³-hybridized carbons (Fsp3) is 0.412. The van der Waals surface area contributed by atoms with Gasteiger partial charge in [-0.25, -0.2) is 0 Å². The lowest BCUT2D eigenvalue weighted by Crippen LogP contribution is -2.34. The first-order chi connectivity index (χ1) is 10.7. The number of hydrogen-bond acceptors (Lipinski definition) is 4. The number of piperidine rings is 1. The molecule has 1 atom stereocenters. The Kier molecular flexibility index (Phi) is 3.13. The van der Waals surface area contributed by atoms with Gasteiger partial charge in [0.2, 0.25) is 0 Å². The number of aromatic amines is 1. The van der Waals surface area contributed by atoms with Crippen LogP contribution in [0.3, 0.4) is 0 Å². The highest BCUT2D eigenvalue weighted by molar-refractivity contribution is 5.75. The molecule has 3 heterocycles. The highest BCUT2D eigenvalue weighted by Crippen LogP contribution is 2.30. The Morgan fingerprint density at radius 3 is 3.00 bits per heavy atom. The number of oxazole rings is 1. The Morgan fingerprint density at radius 2 is 2.18 bits per heavy atom. The summed E-state index contributed by atoms with van der Waals surface area (Å²) in [5.74, 6) is 0.440. The smallest absolute Gasteiger partial charge is 0.298 e. The number of aromatic nitrogens is 3. The third-order valence-corrected chi connectivity index (χ3v) is 4.37. The first kappa shape index (κ1) is 13.4. The van der Waals surface area contributed by atoms with E-state index in [0.717, 1.165) is 48.0 Å². The number of aryl methyl sites for hydroxylation is 2. The molecule has 0 aliphatic carbocycles. The first-order valence-electron chi connectivity index (χ1n) is 7.83. The van der Waals surface area contributed by atoms with Gasteiger partial charge in [-0.2, -0.15) is 10.1 Å². The summed E-state index contributed by atoms with van der Waals surface area (Å²) in [6.45, 7) is 6.02. The minimum atomic E-state index is 0.440. The Balaban J connectivity index is 1.60. The predicted octanol–water partition coefficient (Wildman–Crippen LogP) is 3.55. The van der Waals surface area contributed by atoms with Crippen molar-refractivity contribution < 1.29 is 4.42 Å². The average Bonchev–Trinajstić information content (AvgIpc) is 3.13. The highest BCUT2D eigenvalue weighted by atomic mass is 16.4. The van der Waals surface area contributed by atoms with E-state index in [4.69, 9.17) is 4.42 Å². The zero-order valence-corrected chi connectivity index (χ0v) is 13.0. The van der Waals surface area contributed by atoms with Gasteiger partial charge in [0.25, 0.3) is 6.01 Å². The van der Waals surface area contributed by atoms with Gasteiger partial charge in [-0.15, -0.1) is 0 Å². The van der Waals surface area contributed by atoms with Crippen LogP contribution in [-0.4, -0.2) is 28.3 Å². The summed E-state index contributed by atoms with van der Waals surface area (Å²) in [4.78, 5) is 6.91. The van der Waals surface area contributed by atoms with Gasteiger partial charge < -0.3 is 9.32 Å². The molecule has 0 radical (unpaired) electrons. The summed E-state index contributed by atoms with van der Waals surface area (Å²) in [5.41, 5.74) is 5.26. The normalized spacial score (nSPS) is 19.0. The van der Waals surface area contributed by atoms with Crippen LogP contribution in [0.15, 0.2) is 28.7 Å². The van der Waals surface area contributed by atoms with E-state index >= 15 is 0 Å². The van der Waals surface area contributed by atoms with Gasteiger partial charge in [0.15, 0.2) is 5.58 Å². The maximum atomic E-state index is 5.94. The van der Waals surface area contributed by atoms with Crippen LogP contribution in [0.2, 0.25) is 0 Å². The lowest BCUT2D eigenvalue weighted by Gasteiger charge is -2.30. The second-order valence-corrected chi connectivity index (χ2v) is 6.23. The molecule has 5 heteroatoms. The topological polar surface area (TPSA) is 58.0 Å². The van der Waals surface area contributed by atoms with Gasteiger partial charge in [0, 0.05) is 24.7 Å². The minimum Gasteiger partial charge on any atom is -0.423 e. The van der Waals surface area contributed by atoms with Crippen molar-refractivity contribution in [3.05, 3.63) is 41.2 Å². The zero-order chi connectivity index (χ0) is 15.1. The molecule has 1 unspecified atom stereocenters. The molecule has 1 aliphatic heterocycles. The van der Waals surface area contributed by atoms with Gasteiger partial charge in [-0.05, 0) is 50.5 Å². The number of benzene rings is 1. The van der Waals surface area contributed by atoms with Crippen LogP contribution < -0.4 is 4.90 Å². The van der Waals surface area contributed by atoms with Crippen molar-refractivity contribution in [2.24, 2.45) is 0 Å². The largest absolute Gasteiger partial charge is 0.423 e. The number of H-pyrrole nitrogens is 1. The second kappa shape index (κ2) is 5.16. The van der Waals surface area contributed by atoms with Crippen molar-refractivity contribution in [1.82, 2.24) is 15.2 Å². The second-order valence-electron chi connectivity index (χ2n) is 6.23. The Morgan fingerprint density at radius 1 is 1.27 bits per heavy atom. The number of anilines is 1. The zero-order valence-electron chi connectivity index (χ0n) is 13.0. The summed E-state index contributed by atoms with van der Waals surface area (Å²) in [5, 5.41) is 7.46. The molecule has 22 heavy (non-hydrogen) atoms.